The summed E-state index contributed by atoms with van der Waals surface area (Å²) in [7, 11) is 1.44. The van der Waals surface area contributed by atoms with Crippen molar-refractivity contribution in [3.8, 4) is 0 Å². The number of hydrogen-bond donors (Lipinski definition) is 1. The van der Waals surface area contributed by atoms with E-state index in [2.05, 4.69) is 42.1 Å². The summed E-state index contributed by atoms with van der Waals surface area (Å²) >= 11 is 2.05. The maximum atomic E-state index is 11.6. The summed E-state index contributed by atoms with van der Waals surface area (Å²) in [5.74, 6) is 0.317. The van der Waals surface area contributed by atoms with Crippen LogP contribution in [0.25, 0.3) is 11.2 Å². The quantitative estimate of drug-likeness (QED) is 0.469. The Morgan fingerprint density at radius 2 is 2.10 bits per heavy atom. The fourth-order valence-corrected chi connectivity index (χ4v) is 3.42. The summed E-state index contributed by atoms with van der Waals surface area (Å²) in [6, 6.07) is 0.293. The first-order valence-electron chi connectivity index (χ1n) is 6.83. The van der Waals surface area contributed by atoms with Crippen LogP contribution in [0.1, 0.15) is 31.7 Å². The zero-order chi connectivity index (χ0) is 15.0. The number of methoxy groups -OCH3 is 1. The maximum Gasteiger partial charge on any atom is 0.308 e. The first-order chi connectivity index (χ1) is 10.1. The molecule has 2 aromatic rings. The number of aromatic nitrogens is 4. The van der Waals surface area contributed by atoms with Gasteiger partial charge in [0.15, 0.2) is 15.3 Å². The van der Waals surface area contributed by atoms with Crippen LogP contribution in [0.15, 0.2) is 6.33 Å². The van der Waals surface area contributed by atoms with Gasteiger partial charge in [0.25, 0.3) is 0 Å². The lowest BCUT2D eigenvalue weighted by Crippen LogP contribution is -2.24. The smallest absolute Gasteiger partial charge is 0.308 e. The van der Waals surface area contributed by atoms with Crippen LogP contribution in [0.2, 0.25) is 0 Å². The standard InChI is InChI=1S/C13H16IN5O2/c1-21-12(20)7-2-4-8(5-3-7)19-6-16-9-10(15)17-13(14)18-11(9)19/h6-8H,2-5H2,1H3,(H2,15,17,18). The minimum Gasteiger partial charge on any atom is -0.469 e. The number of carbonyl (C=O) groups excluding carboxylic acids is 1. The number of anilines is 1. The van der Waals surface area contributed by atoms with Crippen LogP contribution in [0.4, 0.5) is 5.82 Å². The van der Waals surface area contributed by atoms with Gasteiger partial charge in [-0.15, -0.1) is 0 Å². The summed E-state index contributed by atoms with van der Waals surface area (Å²) < 4.78 is 7.49. The van der Waals surface area contributed by atoms with Gasteiger partial charge in [-0.2, -0.15) is 0 Å². The van der Waals surface area contributed by atoms with Crippen molar-refractivity contribution < 1.29 is 9.53 Å². The van der Waals surface area contributed by atoms with Gasteiger partial charge in [0.1, 0.15) is 5.52 Å². The molecule has 1 aliphatic carbocycles. The SMILES string of the molecule is COC(=O)C1CCC(n2cnc3c(N)nc(I)nc32)CC1. The molecule has 3 rings (SSSR count). The topological polar surface area (TPSA) is 95.9 Å². The first-order valence-corrected chi connectivity index (χ1v) is 7.91. The van der Waals surface area contributed by atoms with Gasteiger partial charge in [0.05, 0.1) is 19.4 Å². The molecular weight excluding hydrogens is 385 g/mol. The van der Waals surface area contributed by atoms with Crippen LogP contribution in [0, 0.1) is 9.75 Å². The molecule has 2 heterocycles. The molecule has 1 saturated carbocycles. The van der Waals surface area contributed by atoms with Crippen molar-refractivity contribution in [1.82, 2.24) is 19.5 Å². The highest BCUT2D eigenvalue weighted by atomic mass is 127. The summed E-state index contributed by atoms with van der Waals surface area (Å²) in [6.07, 6.45) is 5.25. The van der Waals surface area contributed by atoms with Gasteiger partial charge < -0.3 is 15.0 Å². The number of nitrogen functional groups attached to an aromatic ring is 1. The van der Waals surface area contributed by atoms with E-state index in [0.29, 0.717) is 21.2 Å². The van der Waals surface area contributed by atoms with Crippen LogP contribution in [0.3, 0.4) is 0 Å². The Kier molecular flexibility index (Phi) is 3.96. The number of rotatable bonds is 2. The number of nitrogens with zero attached hydrogens (tertiary/aromatic N) is 4. The summed E-state index contributed by atoms with van der Waals surface area (Å²) in [5, 5.41) is 0. The molecule has 0 radical (unpaired) electrons. The van der Waals surface area contributed by atoms with Gasteiger partial charge in [0, 0.05) is 28.6 Å². The van der Waals surface area contributed by atoms with E-state index in [1.807, 2.05) is 0 Å². The molecule has 2 N–H and O–H groups in total. The number of carbonyl (C=O) groups is 1. The first kappa shape index (κ1) is 14.5. The van der Waals surface area contributed by atoms with Crippen molar-refractivity contribution >= 4 is 45.5 Å². The molecule has 0 bridgehead atoms. The van der Waals surface area contributed by atoms with Gasteiger partial charge in [0.2, 0.25) is 0 Å². The van der Waals surface area contributed by atoms with Gasteiger partial charge in [-0.1, -0.05) is 0 Å². The second-order valence-electron chi connectivity index (χ2n) is 5.23. The summed E-state index contributed by atoms with van der Waals surface area (Å²) in [5.41, 5.74) is 7.30. The van der Waals surface area contributed by atoms with E-state index >= 15 is 0 Å². The maximum absolute atomic E-state index is 11.6. The minimum atomic E-state index is -0.106. The molecule has 112 valence electrons. The number of nitrogens with two attached hydrogens (primary N) is 1. The van der Waals surface area contributed by atoms with Crippen molar-refractivity contribution in [2.24, 2.45) is 5.92 Å². The van der Waals surface area contributed by atoms with Gasteiger partial charge >= 0.3 is 5.97 Å². The second kappa shape index (κ2) is 5.74. The van der Waals surface area contributed by atoms with E-state index in [1.165, 1.54) is 7.11 Å². The Bertz CT molecular complexity index is 678. The monoisotopic (exact) mass is 401 g/mol. The summed E-state index contributed by atoms with van der Waals surface area (Å²) in [4.78, 5) is 24.5. The molecule has 0 aliphatic heterocycles. The van der Waals surface area contributed by atoms with Crippen molar-refractivity contribution in [3.63, 3.8) is 0 Å². The van der Waals surface area contributed by atoms with Crippen molar-refractivity contribution in [1.29, 1.82) is 0 Å². The fourth-order valence-electron chi connectivity index (χ4n) is 2.93. The van der Waals surface area contributed by atoms with Gasteiger partial charge in [-0.05, 0) is 25.7 Å². The predicted molar refractivity (Wildman–Crippen MR) is 85.5 cm³/mol. The van der Waals surface area contributed by atoms with Crippen LogP contribution in [-0.4, -0.2) is 32.6 Å². The lowest BCUT2D eigenvalue weighted by atomic mass is 9.86. The number of halogens is 1. The molecule has 1 aliphatic rings. The van der Waals surface area contributed by atoms with Gasteiger partial charge in [-0.3, -0.25) is 4.79 Å². The highest BCUT2D eigenvalue weighted by molar-refractivity contribution is 14.1. The molecule has 0 atom stereocenters. The second-order valence-corrected chi connectivity index (χ2v) is 6.20. The molecule has 7 nitrogen and oxygen atoms in total. The number of hydrogen-bond acceptors (Lipinski definition) is 6. The van der Waals surface area contributed by atoms with Crippen LogP contribution in [0.5, 0.6) is 0 Å². The van der Waals surface area contributed by atoms with Crippen molar-refractivity contribution in [3.05, 3.63) is 10.2 Å². The molecule has 0 amide bonds. The Morgan fingerprint density at radius 3 is 2.76 bits per heavy atom. The van der Waals surface area contributed by atoms with Gasteiger partial charge in [-0.25, -0.2) is 15.0 Å². The molecule has 8 heteroatoms. The third-order valence-corrected chi connectivity index (χ3v) is 4.53. The van der Waals surface area contributed by atoms with Crippen LogP contribution >= 0.6 is 22.6 Å². The highest BCUT2D eigenvalue weighted by Crippen LogP contribution is 2.34. The Morgan fingerprint density at radius 1 is 1.38 bits per heavy atom. The third kappa shape index (κ3) is 2.68. The van der Waals surface area contributed by atoms with Crippen LogP contribution < -0.4 is 5.73 Å². The Labute approximate surface area is 135 Å². The molecule has 1 fully saturated rings. The number of imidazole rings is 1. The Balaban J connectivity index is 1.84. The minimum absolute atomic E-state index is 0.0147. The zero-order valence-corrected chi connectivity index (χ0v) is 13.8. The largest absolute Gasteiger partial charge is 0.469 e. The van der Waals surface area contributed by atoms with E-state index in [-0.39, 0.29) is 11.9 Å². The molecule has 0 aromatic carbocycles. The molecule has 0 unspecified atom stereocenters. The number of fused-ring (bicyclic) bond motifs is 1. The number of esters is 1. The summed E-state index contributed by atoms with van der Waals surface area (Å²) in [6.45, 7) is 0. The van der Waals surface area contributed by atoms with E-state index < -0.39 is 0 Å². The Hall–Kier alpha value is -1.45. The lowest BCUT2D eigenvalue weighted by molar-refractivity contribution is -0.146. The predicted octanol–water partition coefficient (Wildman–Crippen LogP) is 1.92. The molecule has 0 spiro atoms. The van der Waals surface area contributed by atoms with Crippen molar-refractivity contribution in [2.75, 3.05) is 12.8 Å². The fraction of sp³-hybridized carbons (Fsp3) is 0.538. The number of ether oxygens (including phenoxy) is 1. The van der Waals surface area contributed by atoms with Crippen molar-refractivity contribution in [2.45, 2.75) is 31.7 Å². The molecule has 21 heavy (non-hydrogen) atoms. The average Bonchev–Trinajstić information content (AvgIpc) is 2.90. The molecule has 0 saturated heterocycles. The highest BCUT2D eigenvalue weighted by Gasteiger charge is 2.28. The molecular formula is C13H16IN5O2. The van der Waals surface area contributed by atoms with Crippen LogP contribution in [-0.2, 0) is 9.53 Å². The average molecular weight is 401 g/mol. The lowest BCUT2D eigenvalue weighted by Gasteiger charge is -2.27. The van der Waals surface area contributed by atoms with E-state index in [4.69, 9.17) is 10.5 Å². The van der Waals surface area contributed by atoms with E-state index in [0.717, 1.165) is 31.3 Å². The normalized spacial score (nSPS) is 22.4. The zero-order valence-electron chi connectivity index (χ0n) is 11.6. The molecule has 2 aromatic heterocycles. The third-order valence-electron chi connectivity index (χ3n) is 4.05. The van der Waals surface area contributed by atoms with E-state index in [1.54, 1.807) is 6.33 Å². The van der Waals surface area contributed by atoms with E-state index in [9.17, 15) is 4.79 Å².